The van der Waals surface area contributed by atoms with E-state index in [1.54, 1.807) is 31.2 Å². The first kappa shape index (κ1) is 23.1. The quantitative estimate of drug-likeness (QED) is 0.321. The van der Waals surface area contributed by atoms with Gasteiger partial charge in [-0.05, 0) is 85.0 Å². The number of esters is 1. The van der Waals surface area contributed by atoms with Crippen LogP contribution in [0.2, 0.25) is 0 Å². The van der Waals surface area contributed by atoms with E-state index in [0.29, 0.717) is 18.8 Å². The molecule has 0 spiro atoms. The van der Waals surface area contributed by atoms with Crippen LogP contribution >= 0.6 is 0 Å². The van der Waals surface area contributed by atoms with E-state index in [1.165, 1.54) is 6.92 Å². The fourth-order valence-corrected chi connectivity index (χ4v) is 3.49. The van der Waals surface area contributed by atoms with Crippen LogP contribution in [0, 0.1) is 13.8 Å². The van der Waals surface area contributed by atoms with E-state index in [2.05, 4.69) is 26.0 Å². The van der Waals surface area contributed by atoms with Crippen molar-refractivity contribution in [3.63, 3.8) is 0 Å². The lowest BCUT2D eigenvalue weighted by molar-refractivity contribution is -0.146. The molecule has 32 heavy (non-hydrogen) atoms. The average molecular weight is 433 g/mol. The molecular formula is C27H28O5. The Bertz CT molecular complexity index is 1090. The summed E-state index contributed by atoms with van der Waals surface area (Å²) in [4.78, 5) is 21.8. The second kappa shape index (κ2) is 10.6. The maximum atomic E-state index is 11.0. The minimum absolute atomic E-state index is 0.304. The highest BCUT2D eigenvalue weighted by Gasteiger charge is 2.11. The molecule has 0 aliphatic rings. The van der Waals surface area contributed by atoms with Gasteiger partial charge in [-0.15, -0.1) is 0 Å². The van der Waals surface area contributed by atoms with E-state index >= 15 is 0 Å². The number of aldehydes is 1. The van der Waals surface area contributed by atoms with Crippen LogP contribution in [0.3, 0.4) is 0 Å². The fourth-order valence-electron chi connectivity index (χ4n) is 3.49. The summed E-state index contributed by atoms with van der Waals surface area (Å²) in [6.45, 7) is 8.08. The van der Waals surface area contributed by atoms with E-state index in [-0.39, 0.29) is 12.1 Å². The maximum Gasteiger partial charge on any atom is 0.303 e. The largest absolute Gasteiger partial charge is 0.490 e. The van der Waals surface area contributed by atoms with Gasteiger partial charge in [0.05, 0.1) is 0 Å². The minimum atomic E-state index is -0.315. The number of hydrogen-bond acceptors (Lipinski definition) is 5. The van der Waals surface area contributed by atoms with Gasteiger partial charge in [0.2, 0.25) is 0 Å². The Morgan fingerprint density at radius 1 is 0.938 bits per heavy atom. The molecule has 0 fully saturated rings. The number of hydrogen-bond donors (Lipinski definition) is 0. The van der Waals surface area contributed by atoms with Crippen molar-refractivity contribution in [3.8, 4) is 22.6 Å². The van der Waals surface area contributed by atoms with Crippen molar-refractivity contribution < 1.29 is 23.8 Å². The summed E-state index contributed by atoms with van der Waals surface area (Å²) in [5.41, 5.74) is 6.22. The van der Waals surface area contributed by atoms with Crippen LogP contribution in [-0.2, 0) is 16.1 Å². The summed E-state index contributed by atoms with van der Waals surface area (Å²) in [5, 5.41) is 0. The van der Waals surface area contributed by atoms with E-state index in [4.69, 9.17) is 14.2 Å². The third-order valence-electron chi connectivity index (χ3n) is 5.20. The zero-order valence-corrected chi connectivity index (χ0v) is 18.9. The van der Waals surface area contributed by atoms with E-state index in [9.17, 15) is 9.59 Å². The minimum Gasteiger partial charge on any atom is -0.490 e. The summed E-state index contributed by atoms with van der Waals surface area (Å²) < 4.78 is 16.8. The van der Waals surface area contributed by atoms with Gasteiger partial charge >= 0.3 is 5.97 Å². The van der Waals surface area contributed by atoms with Crippen LogP contribution in [0.25, 0.3) is 11.1 Å². The van der Waals surface area contributed by atoms with Crippen molar-refractivity contribution in [2.45, 2.75) is 40.4 Å². The highest BCUT2D eigenvalue weighted by Crippen LogP contribution is 2.31. The topological polar surface area (TPSA) is 61.8 Å². The normalized spacial score (nSPS) is 11.5. The molecule has 0 heterocycles. The summed E-state index contributed by atoms with van der Waals surface area (Å²) in [5.74, 6) is 1.15. The van der Waals surface area contributed by atoms with E-state index in [1.807, 2.05) is 24.3 Å². The molecule has 3 aromatic carbocycles. The monoisotopic (exact) mass is 432 g/mol. The Morgan fingerprint density at radius 2 is 1.66 bits per heavy atom. The van der Waals surface area contributed by atoms with Crippen molar-refractivity contribution in [1.29, 1.82) is 0 Å². The Kier molecular flexibility index (Phi) is 7.66. The molecule has 0 radical (unpaired) electrons. The SMILES string of the molecule is CC(=O)O[C@H](C)COc1ccc(-c2cccc(COc3ccc(C=O)cc3)c2C)c(C)c1. The van der Waals surface area contributed by atoms with Gasteiger partial charge in [-0.2, -0.15) is 0 Å². The molecule has 0 aliphatic carbocycles. The van der Waals surface area contributed by atoms with Crippen LogP contribution < -0.4 is 9.47 Å². The van der Waals surface area contributed by atoms with Crippen LogP contribution in [0.5, 0.6) is 11.5 Å². The molecule has 3 rings (SSSR count). The smallest absolute Gasteiger partial charge is 0.303 e. The highest BCUT2D eigenvalue weighted by atomic mass is 16.6. The molecule has 166 valence electrons. The second-order valence-electron chi connectivity index (χ2n) is 7.77. The molecule has 1 atom stereocenters. The predicted octanol–water partition coefficient (Wildman–Crippen LogP) is 5.69. The zero-order valence-electron chi connectivity index (χ0n) is 18.9. The van der Waals surface area contributed by atoms with Gasteiger partial charge in [0, 0.05) is 12.5 Å². The molecule has 5 heteroatoms. The van der Waals surface area contributed by atoms with Gasteiger partial charge in [0.25, 0.3) is 0 Å². The molecule has 0 saturated carbocycles. The second-order valence-corrected chi connectivity index (χ2v) is 7.77. The third-order valence-corrected chi connectivity index (χ3v) is 5.20. The molecule has 0 aliphatic heterocycles. The van der Waals surface area contributed by atoms with Gasteiger partial charge in [0.1, 0.15) is 37.1 Å². The average Bonchev–Trinajstić information content (AvgIpc) is 2.77. The Morgan fingerprint density at radius 3 is 2.31 bits per heavy atom. The molecular weight excluding hydrogens is 404 g/mol. The number of aryl methyl sites for hydroxylation is 1. The maximum absolute atomic E-state index is 11.0. The van der Waals surface area contributed by atoms with Crippen molar-refractivity contribution in [1.82, 2.24) is 0 Å². The predicted molar refractivity (Wildman–Crippen MR) is 124 cm³/mol. The lowest BCUT2D eigenvalue weighted by atomic mass is 9.93. The molecule has 0 saturated heterocycles. The van der Waals surface area contributed by atoms with Crippen LogP contribution in [0.1, 0.15) is 40.9 Å². The molecule has 3 aromatic rings. The molecule has 5 nitrogen and oxygen atoms in total. The molecule has 0 unspecified atom stereocenters. The number of rotatable bonds is 9. The standard InChI is InChI=1S/C27H28O5/c1-18-14-25(30-16-19(2)32-21(4)29)12-13-26(18)27-7-5-6-23(20(27)3)17-31-24-10-8-22(15-28)9-11-24/h5-15,19H,16-17H2,1-4H3/t19-/m1/s1. The highest BCUT2D eigenvalue weighted by molar-refractivity contribution is 5.75. The number of carbonyl (C=O) groups excluding carboxylic acids is 2. The van der Waals surface area contributed by atoms with Gasteiger partial charge in [-0.3, -0.25) is 9.59 Å². The fraction of sp³-hybridized carbons (Fsp3) is 0.259. The first-order valence-corrected chi connectivity index (χ1v) is 10.5. The van der Waals surface area contributed by atoms with Crippen molar-refractivity contribution >= 4 is 12.3 Å². The molecule has 0 bridgehead atoms. The Balaban J connectivity index is 1.72. The molecule has 0 amide bonds. The summed E-state index contributed by atoms with van der Waals surface area (Å²) in [6, 6.07) is 19.2. The van der Waals surface area contributed by atoms with Crippen molar-refractivity contribution in [2.75, 3.05) is 6.61 Å². The lowest BCUT2D eigenvalue weighted by Crippen LogP contribution is -2.20. The van der Waals surface area contributed by atoms with Crippen molar-refractivity contribution in [3.05, 3.63) is 82.9 Å². The van der Waals surface area contributed by atoms with Gasteiger partial charge in [-0.1, -0.05) is 24.3 Å². The third kappa shape index (κ3) is 5.97. The van der Waals surface area contributed by atoms with Crippen LogP contribution in [0.4, 0.5) is 0 Å². The Labute approximate surface area is 188 Å². The first-order chi connectivity index (χ1) is 15.4. The lowest BCUT2D eigenvalue weighted by Gasteiger charge is -2.16. The number of carbonyl (C=O) groups is 2. The van der Waals surface area contributed by atoms with E-state index < -0.39 is 0 Å². The van der Waals surface area contributed by atoms with Gasteiger partial charge in [0.15, 0.2) is 0 Å². The zero-order chi connectivity index (χ0) is 23.1. The van der Waals surface area contributed by atoms with Gasteiger partial charge < -0.3 is 14.2 Å². The molecule has 0 N–H and O–H groups in total. The van der Waals surface area contributed by atoms with E-state index in [0.717, 1.165) is 45.6 Å². The Hall–Kier alpha value is -3.60. The number of benzene rings is 3. The summed E-state index contributed by atoms with van der Waals surface area (Å²) in [6.07, 6.45) is 0.511. The number of ether oxygens (including phenoxy) is 3. The first-order valence-electron chi connectivity index (χ1n) is 10.5. The van der Waals surface area contributed by atoms with Crippen LogP contribution in [0.15, 0.2) is 60.7 Å². The summed E-state index contributed by atoms with van der Waals surface area (Å²) in [7, 11) is 0. The molecule has 0 aromatic heterocycles. The van der Waals surface area contributed by atoms with Gasteiger partial charge in [-0.25, -0.2) is 0 Å². The summed E-state index contributed by atoms with van der Waals surface area (Å²) >= 11 is 0. The van der Waals surface area contributed by atoms with Crippen LogP contribution in [-0.4, -0.2) is 25.0 Å². The van der Waals surface area contributed by atoms with Crippen molar-refractivity contribution in [2.24, 2.45) is 0 Å².